The van der Waals surface area contributed by atoms with Crippen molar-refractivity contribution in [2.45, 2.75) is 43.0 Å². The zero-order valence-electron chi connectivity index (χ0n) is 23.1. The van der Waals surface area contributed by atoms with E-state index in [0.717, 1.165) is 42.6 Å². The Balaban J connectivity index is 0.000000616. The highest BCUT2D eigenvalue weighted by molar-refractivity contribution is 7.89. The number of alkyl halides is 3. The molecule has 13 heteroatoms. The van der Waals surface area contributed by atoms with Gasteiger partial charge in [-0.15, -0.1) is 0 Å². The van der Waals surface area contributed by atoms with Crippen LogP contribution in [0.2, 0.25) is 0 Å². The number of aliphatic carboxylic acids is 1. The van der Waals surface area contributed by atoms with E-state index >= 15 is 4.39 Å². The lowest BCUT2D eigenvalue weighted by Gasteiger charge is -2.29. The van der Waals surface area contributed by atoms with Crippen LogP contribution in [0.25, 0.3) is 11.1 Å². The molecular weight excluding hydrogens is 578 g/mol. The van der Waals surface area contributed by atoms with E-state index in [1.54, 1.807) is 13.2 Å². The van der Waals surface area contributed by atoms with Gasteiger partial charge in [-0.2, -0.15) is 13.2 Å². The van der Waals surface area contributed by atoms with Crippen molar-refractivity contribution >= 4 is 16.0 Å². The van der Waals surface area contributed by atoms with Crippen LogP contribution in [0.1, 0.15) is 24.0 Å². The Hall–Kier alpha value is -3.52. The van der Waals surface area contributed by atoms with Crippen LogP contribution in [0.5, 0.6) is 5.75 Å². The van der Waals surface area contributed by atoms with Gasteiger partial charge in [0.1, 0.15) is 16.5 Å². The average Bonchev–Trinajstić information content (AvgIpc) is 2.96. The predicted molar refractivity (Wildman–Crippen MR) is 150 cm³/mol. The van der Waals surface area contributed by atoms with Gasteiger partial charge < -0.3 is 20.1 Å². The summed E-state index contributed by atoms with van der Waals surface area (Å²) in [5.41, 5.74) is 3.13. The number of nitrogens with zero attached hydrogens (tertiary/aromatic N) is 1. The lowest BCUT2D eigenvalue weighted by Crippen LogP contribution is -2.40. The largest absolute Gasteiger partial charge is 0.496 e. The number of carboxylic acid groups (broad SMARTS) is 1. The van der Waals surface area contributed by atoms with Gasteiger partial charge in [-0.1, -0.05) is 42.5 Å². The molecule has 42 heavy (non-hydrogen) atoms. The molecule has 1 aliphatic heterocycles. The van der Waals surface area contributed by atoms with Crippen molar-refractivity contribution in [2.75, 3.05) is 27.2 Å². The molecule has 0 radical (unpaired) electrons. The molecule has 1 fully saturated rings. The van der Waals surface area contributed by atoms with Crippen molar-refractivity contribution in [1.82, 2.24) is 14.9 Å². The number of hydrogen-bond donors (Lipinski definition) is 3. The molecule has 1 heterocycles. The maximum absolute atomic E-state index is 15.0. The van der Waals surface area contributed by atoms with Crippen LogP contribution in [-0.2, 0) is 27.9 Å². The number of sulfonamides is 1. The minimum atomic E-state index is -5.08. The topological polar surface area (TPSA) is 108 Å². The summed E-state index contributed by atoms with van der Waals surface area (Å²) in [6, 6.07) is 19.6. The number of carbonyl (C=O) groups is 1. The standard InChI is InChI=1S/C27H32FN3O3S.C2HF3O2/c1-31-14-12-23(13-15-31)29-18-21-8-10-26(34-2)24(16-21)22-9-11-27(25(28)17-22)35(32,33)30-19-20-6-4-3-5-7-20;3-2(4,5)1(6)7/h3-11,16-17,23,29-30H,12-15,18-19H2,1-2H3;(H,6,7). The van der Waals surface area contributed by atoms with Gasteiger partial charge in [0.25, 0.3) is 0 Å². The molecule has 0 spiro atoms. The van der Waals surface area contributed by atoms with Crippen LogP contribution in [-0.4, -0.2) is 63.9 Å². The summed E-state index contributed by atoms with van der Waals surface area (Å²) in [6.07, 6.45) is -2.86. The predicted octanol–water partition coefficient (Wildman–Crippen LogP) is 4.80. The highest BCUT2D eigenvalue weighted by atomic mass is 32.2. The first kappa shape index (κ1) is 33.0. The second kappa shape index (κ2) is 14.6. The van der Waals surface area contributed by atoms with Crippen LogP contribution >= 0.6 is 0 Å². The highest BCUT2D eigenvalue weighted by Gasteiger charge is 2.38. The zero-order chi connectivity index (χ0) is 30.9. The number of piperidine rings is 1. The lowest BCUT2D eigenvalue weighted by molar-refractivity contribution is -0.192. The van der Waals surface area contributed by atoms with Crippen molar-refractivity contribution in [3.63, 3.8) is 0 Å². The molecule has 3 aromatic rings. The smallest absolute Gasteiger partial charge is 0.490 e. The van der Waals surface area contributed by atoms with Crippen molar-refractivity contribution in [2.24, 2.45) is 0 Å². The third-order valence-corrected chi connectivity index (χ3v) is 8.10. The molecule has 228 valence electrons. The minimum absolute atomic E-state index is 0.0878. The third-order valence-electron chi connectivity index (χ3n) is 6.66. The normalized spacial score (nSPS) is 14.6. The molecule has 0 bridgehead atoms. The van der Waals surface area contributed by atoms with Gasteiger partial charge in [-0.25, -0.2) is 22.3 Å². The Labute approximate surface area is 242 Å². The van der Waals surface area contributed by atoms with E-state index in [-0.39, 0.29) is 11.4 Å². The highest BCUT2D eigenvalue weighted by Crippen LogP contribution is 2.33. The van der Waals surface area contributed by atoms with Crippen molar-refractivity contribution in [3.8, 4) is 16.9 Å². The maximum atomic E-state index is 15.0. The van der Waals surface area contributed by atoms with E-state index in [1.807, 2.05) is 48.5 Å². The second-order valence-electron chi connectivity index (χ2n) is 9.75. The number of methoxy groups -OCH3 is 1. The second-order valence-corrected chi connectivity index (χ2v) is 11.5. The number of hydrogen-bond acceptors (Lipinski definition) is 6. The SMILES string of the molecule is COc1ccc(CNC2CCN(C)CC2)cc1-c1ccc(S(=O)(=O)NCc2ccccc2)c(F)c1.O=C(O)C(F)(F)F. The molecule has 3 aromatic carbocycles. The van der Waals surface area contributed by atoms with Crippen LogP contribution in [0, 0.1) is 5.82 Å². The summed E-state index contributed by atoms with van der Waals surface area (Å²) in [6.45, 7) is 2.95. The number of carboxylic acids is 1. The number of halogens is 4. The Morgan fingerprint density at radius 2 is 1.64 bits per heavy atom. The molecule has 8 nitrogen and oxygen atoms in total. The maximum Gasteiger partial charge on any atom is 0.490 e. The molecule has 1 aliphatic rings. The summed E-state index contributed by atoms with van der Waals surface area (Å²) in [5, 5.41) is 10.7. The number of benzene rings is 3. The van der Waals surface area contributed by atoms with E-state index in [0.29, 0.717) is 23.9 Å². The molecule has 0 aliphatic carbocycles. The average molecular weight is 612 g/mol. The van der Waals surface area contributed by atoms with E-state index in [4.69, 9.17) is 14.6 Å². The van der Waals surface area contributed by atoms with Gasteiger partial charge in [-0.3, -0.25) is 0 Å². The van der Waals surface area contributed by atoms with E-state index in [1.165, 1.54) is 12.1 Å². The van der Waals surface area contributed by atoms with Crippen LogP contribution in [0.3, 0.4) is 0 Å². The van der Waals surface area contributed by atoms with Crippen molar-refractivity contribution in [3.05, 3.63) is 83.7 Å². The first-order valence-corrected chi connectivity index (χ1v) is 14.5. The van der Waals surface area contributed by atoms with Gasteiger partial charge >= 0.3 is 12.1 Å². The zero-order valence-corrected chi connectivity index (χ0v) is 23.9. The fraction of sp³-hybridized carbons (Fsp3) is 0.345. The summed E-state index contributed by atoms with van der Waals surface area (Å²) in [4.78, 5) is 10.8. The molecule has 0 amide bonds. The molecule has 4 rings (SSSR count). The van der Waals surface area contributed by atoms with Gasteiger partial charge in [0.05, 0.1) is 7.11 Å². The number of nitrogens with one attached hydrogen (secondary N) is 2. The molecule has 0 aromatic heterocycles. The molecule has 1 saturated heterocycles. The fourth-order valence-electron chi connectivity index (χ4n) is 4.30. The Bertz CT molecular complexity index is 1450. The summed E-state index contributed by atoms with van der Waals surface area (Å²) in [7, 11) is -0.299. The Morgan fingerprint density at radius 3 is 2.21 bits per heavy atom. The van der Waals surface area contributed by atoms with E-state index in [2.05, 4.69) is 22.0 Å². The Kier molecular flexibility index (Phi) is 11.5. The van der Waals surface area contributed by atoms with Crippen molar-refractivity contribution < 1.29 is 40.6 Å². The molecule has 3 N–H and O–H groups in total. The van der Waals surface area contributed by atoms with Gasteiger partial charge in [-0.05, 0) is 73.9 Å². The van der Waals surface area contributed by atoms with Gasteiger partial charge in [0, 0.05) is 24.7 Å². The van der Waals surface area contributed by atoms with Crippen molar-refractivity contribution in [1.29, 1.82) is 0 Å². The first-order valence-electron chi connectivity index (χ1n) is 13.0. The lowest BCUT2D eigenvalue weighted by atomic mass is 10.0. The quantitative estimate of drug-likeness (QED) is 0.299. The number of ether oxygens (including phenoxy) is 1. The summed E-state index contributed by atoms with van der Waals surface area (Å²) in [5.74, 6) is -2.96. The van der Waals surface area contributed by atoms with Gasteiger partial charge in [0.15, 0.2) is 0 Å². The van der Waals surface area contributed by atoms with Crippen LogP contribution in [0.15, 0.2) is 71.6 Å². The molecule has 0 atom stereocenters. The van der Waals surface area contributed by atoms with E-state index in [9.17, 15) is 21.6 Å². The van der Waals surface area contributed by atoms with Crippen LogP contribution < -0.4 is 14.8 Å². The minimum Gasteiger partial charge on any atom is -0.496 e. The van der Waals surface area contributed by atoms with Crippen LogP contribution in [0.4, 0.5) is 17.6 Å². The molecule has 0 saturated carbocycles. The summed E-state index contributed by atoms with van der Waals surface area (Å²) < 4.78 is 80.2. The first-order chi connectivity index (χ1) is 19.8. The number of rotatable bonds is 9. The number of likely N-dealkylation sites (tertiary alicyclic amines) is 1. The van der Waals surface area contributed by atoms with E-state index < -0.39 is 28.0 Å². The monoisotopic (exact) mass is 611 g/mol. The fourth-order valence-corrected chi connectivity index (χ4v) is 5.38. The Morgan fingerprint density at radius 1 is 1.00 bits per heavy atom. The molecule has 0 unspecified atom stereocenters. The summed E-state index contributed by atoms with van der Waals surface area (Å²) >= 11 is 0. The van der Waals surface area contributed by atoms with Gasteiger partial charge in [0.2, 0.25) is 10.0 Å². The third kappa shape index (κ3) is 9.51. The molecular formula is C29H33F4N3O5S.